The second-order valence-electron chi connectivity index (χ2n) is 1.75. The number of hydrogen-bond donors (Lipinski definition) is 1. The molecule has 0 aliphatic carbocycles. The highest BCUT2D eigenvalue weighted by Crippen LogP contribution is 1.98. The number of rotatable bonds is 1. The van der Waals surface area contributed by atoms with E-state index in [1.54, 1.807) is 18.3 Å². The molecule has 0 aromatic carbocycles. The first-order chi connectivity index (χ1) is 4.33. The summed E-state index contributed by atoms with van der Waals surface area (Å²) < 4.78 is 0. The Morgan fingerprint density at radius 3 is 2.89 bits per heavy atom. The van der Waals surface area contributed by atoms with E-state index < -0.39 is 0 Å². The Hall–Kier alpha value is -0.890. The number of pyridine rings is 1. The maximum absolute atomic E-state index is 8.58. The van der Waals surface area contributed by atoms with Crippen LogP contribution in [-0.2, 0) is 6.61 Å². The number of aliphatic hydroxyl groups is 1. The van der Waals surface area contributed by atoms with E-state index in [1.807, 2.05) is 0 Å². The topological polar surface area (TPSA) is 33.1 Å². The molecule has 0 spiro atoms. The van der Waals surface area contributed by atoms with E-state index >= 15 is 0 Å². The highest BCUT2D eigenvalue weighted by Gasteiger charge is 1.88. The van der Waals surface area contributed by atoms with Gasteiger partial charge in [-0.05, 0) is 17.7 Å². The summed E-state index contributed by atoms with van der Waals surface area (Å²) in [5, 5.41) is 8.58. The molecule has 2 radical (unpaired) electrons. The lowest BCUT2D eigenvalue weighted by atomic mass is 10.2. The van der Waals surface area contributed by atoms with Gasteiger partial charge in [-0.2, -0.15) is 0 Å². The van der Waals surface area contributed by atoms with Crippen molar-refractivity contribution < 1.29 is 5.11 Å². The summed E-state index contributed by atoms with van der Waals surface area (Å²) in [5.74, 6) is 0. The molecule has 1 aromatic rings. The minimum atomic E-state index is 0.0206. The molecule has 0 unspecified atom stereocenters. The standard InChI is InChI=1S/C7H7NO/c1-6-4-7(5-9)2-3-8-6/h1-4,9H,5H2. The van der Waals surface area contributed by atoms with Crippen LogP contribution in [0.25, 0.3) is 0 Å². The van der Waals surface area contributed by atoms with Crippen molar-refractivity contribution >= 4 is 0 Å². The molecule has 1 rings (SSSR count). The van der Waals surface area contributed by atoms with Gasteiger partial charge in [-0.3, -0.25) is 4.98 Å². The molecular formula is C7H7NO. The first kappa shape index (κ1) is 6.23. The predicted molar refractivity (Wildman–Crippen MR) is 33.6 cm³/mol. The van der Waals surface area contributed by atoms with E-state index in [2.05, 4.69) is 4.98 Å². The van der Waals surface area contributed by atoms with E-state index in [4.69, 9.17) is 12.0 Å². The lowest BCUT2D eigenvalue weighted by Gasteiger charge is -1.93. The molecule has 1 aromatic heterocycles. The number of aliphatic hydroxyl groups excluding tert-OH is 1. The lowest BCUT2D eigenvalue weighted by molar-refractivity contribution is 0.281. The molecule has 0 amide bonds. The highest BCUT2D eigenvalue weighted by molar-refractivity contribution is 5.16. The third kappa shape index (κ3) is 1.50. The van der Waals surface area contributed by atoms with Gasteiger partial charge in [0.15, 0.2) is 0 Å². The van der Waals surface area contributed by atoms with Crippen LogP contribution in [0.4, 0.5) is 0 Å². The first-order valence-corrected chi connectivity index (χ1v) is 2.64. The van der Waals surface area contributed by atoms with Crippen molar-refractivity contribution in [3.63, 3.8) is 0 Å². The first-order valence-electron chi connectivity index (χ1n) is 2.64. The van der Waals surface area contributed by atoms with Crippen LogP contribution in [0.1, 0.15) is 11.3 Å². The fourth-order valence-electron chi connectivity index (χ4n) is 0.593. The van der Waals surface area contributed by atoms with Crippen molar-refractivity contribution in [3.05, 3.63) is 36.5 Å². The summed E-state index contributed by atoms with van der Waals surface area (Å²) in [4.78, 5) is 3.75. The van der Waals surface area contributed by atoms with Crippen LogP contribution in [0, 0.1) is 6.92 Å². The van der Waals surface area contributed by atoms with Gasteiger partial charge in [-0.25, -0.2) is 0 Å². The van der Waals surface area contributed by atoms with Crippen molar-refractivity contribution in [1.82, 2.24) is 4.98 Å². The summed E-state index contributed by atoms with van der Waals surface area (Å²) in [6, 6.07) is 3.36. The molecule has 2 nitrogen and oxygen atoms in total. The van der Waals surface area contributed by atoms with Crippen LogP contribution >= 0.6 is 0 Å². The Morgan fingerprint density at radius 2 is 2.44 bits per heavy atom. The zero-order chi connectivity index (χ0) is 6.69. The van der Waals surface area contributed by atoms with Crippen LogP contribution in [0.3, 0.4) is 0 Å². The van der Waals surface area contributed by atoms with Crippen LogP contribution in [0.15, 0.2) is 18.3 Å². The van der Waals surface area contributed by atoms with Crippen molar-refractivity contribution in [2.45, 2.75) is 6.61 Å². The molecule has 0 fully saturated rings. The van der Waals surface area contributed by atoms with Gasteiger partial charge in [0.25, 0.3) is 0 Å². The van der Waals surface area contributed by atoms with Gasteiger partial charge in [-0.15, -0.1) is 0 Å². The molecular weight excluding hydrogens is 114 g/mol. The van der Waals surface area contributed by atoms with E-state index in [1.165, 1.54) is 0 Å². The van der Waals surface area contributed by atoms with E-state index in [0.717, 1.165) is 5.56 Å². The fourth-order valence-corrected chi connectivity index (χ4v) is 0.593. The number of hydrogen-bond acceptors (Lipinski definition) is 2. The van der Waals surface area contributed by atoms with Gasteiger partial charge in [-0.1, -0.05) is 0 Å². The molecule has 0 aliphatic heterocycles. The molecule has 9 heavy (non-hydrogen) atoms. The fraction of sp³-hybridized carbons (Fsp3) is 0.143. The second-order valence-corrected chi connectivity index (χ2v) is 1.75. The zero-order valence-electron chi connectivity index (χ0n) is 4.91. The summed E-state index contributed by atoms with van der Waals surface area (Å²) in [7, 11) is 0. The van der Waals surface area contributed by atoms with Crippen molar-refractivity contribution in [1.29, 1.82) is 0 Å². The molecule has 1 heterocycles. The van der Waals surface area contributed by atoms with Gasteiger partial charge in [0.1, 0.15) is 0 Å². The molecule has 2 heteroatoms. The van der Waals surface area contributed by atoms with Crippen LogP contribution < -0.4 is 0 Å². The monoisotopic (exact) mass is 121 g/mol. The normalized spacial score (nSPS) is 9.56. The molecule has 0 saturated carbocycles. The summed E-state index contributed by atoms with van der Waals surface area (Å²) in [5.41, 5.74) is 1.24. The Bertz CT molecular complexity index is 198. The van der Waals surface area contributed by atoms with Crippen LogP contribution in [0.2, 0.25) is 0 Å². The minimum Gasteiger partial charge on any atom is -0.392 e. The zero-order valence-corrected chi connectivity index (χ0v) is 4.91. The lowest BCUT2D eigenvalue weighted by Crippen LogP contribution is -1.85. The third-order valence-corrected chi connectivity index (χ3v) is 1.03. The molecule has 1 N–H and O–H groups in total. The van der Waals surface area contributed by atoms with Crippen molar-refractivity contribution in [3.8, 4) is 0 Å². The van der Waals surface area contributed by atoms with E-state index in [0.29, 0.717) is 5.69 Å². The third-order valence-electron chi connectivity index (χ3n) is 1.03. The minimum absolute atomic E-state index is 0.0206. The average molecular weight is 121 g/mol. The smallest absolute Gasteiger partial charge is 0.0683 e. The second kappa shape index (κ2) is 2.60. The maximum atomic E-state index is 8.58. The Kier molecular flexibility index (Phi) is 1.80. The maximum Gasteiger partial charge on any atom is 0.0683 e. The molecule has 46 valence electrons. The number of aromatic nitrogens is 1. The SMILES string of the molecule is [CH]c1cc(CO)ccn1. The van der Waals surface area contributed by atoms with E-state index in [-0.39, 0.29) is 6.61 Å². The van der Waals surface area contributed by atoms with Crippen LogP contribution in [0.5, 0.6) is 0 Å². The van der Waals surface area contributed by atoms with Gasteiger partial charge < -0.3 is 5.11 Å². The summed E-state index contributed by atoms with van der Waals surface area (Å²) in [6.07, 6.45) is 1.57. The van der Waals surface area contributed by atoms with Gasteiger partial charge in [0.05, 0.1) is 6.61 Å². The molecule has 0 atom stereocenters. The van der Waals surface area contributed by atoms with E-state index in [9.17, 15) is 0 Å². The van der Waals surface area contributed by atoms with Gasteiger partial charge in [0.2, 0.25) is 0 Å². The van der Waals surface area contributed by atoms with Gasteiger partial charge >= 0.3 is 0 Å². The largest absolute Gasteiger partial charge is 0.392 e. The Labute approximate surface area is 54.2 Å². The highest BCUT2D eigenvalue weighted by atomic mass is 16.3. The predicted octanol–water partition coefficient (Wildman–Crippen LogP) is 0.633. The number of nitrogens with zero attached hydrogens (tertiary/aromatic N) is 1. The quantitative estimate of drug-likeness (QED) is 0.591. The Morgan fingerprint density at radius 1 is 1.67 bits per heavy atom. The average Bonchev–Trinajstić information content (AvgIpc) is 1.88. The molecule has 0 saturated heterocycles. The molecule has 0 bridgehead atoms. The van der Waals surface area contributed by atoms with Crippen molar-refractivity contribution in [2.75, 3.05) is 0 Å². The Balaban J connectivity index is 2.94. The van der Waals surface area contributed by atoms with Gasteiger partial charge in [0, 0.05) is 18.8 Å². The van der Waals surface area contributed by atoms with Crippen LogP contribution in [-0.4, -0.2) is 10.1 Å². The van der Waals surface area contributed by atoms with Crippen molar-refractivity contribution in [2.24, 2.45) is 0 Å². The summed E-state index contributed by atoms with van der Waals surface area (Å²) >= 11 is 0. The molecule has 0 aliphatic rings. The summed E-state index contributed by atoms with van der Waals surface area (Å²) in [6.45, 7) is 5.33.